The first-order chi connectivity index (χ1) is 31.3. The summed E-state index contributed by atoms with van der Waals surface area (Å²) in [6, 6.07) is 0. The van der Waals surface area contributed by atoms with Gasteiger partial charge in [-0.2, -0.15) is 0 Å². The van der Waals surface area contributed by atoms with E-state index in [0.29, 0.717) is 23.7 Å². The molecule has 3 fully saturated rings. The molecule has 10 unspecified atom stereocenters. The highest BCUT2D eigenvalue weighted by atomic mass is 16.5. The Morgan fingerprint density at radius 2 is 1.25 bits per heavy atom. The maximum atomic E-state index is 13.2. The Labute approximate surface area is 404 Å². The van der Waals surface area contributed by atoms with Crippen LogP contribution in [0.25, 0.3) is 0 Å². The van der Waals surface area contributed by atoms with Crippen molar-refractivity contribution in [1.29, 1.82) is 0 Å². The van der Waals surface area contributed by atoms with Crippen LogP contribution in [-0.2, 0) is 19.1 Å². The van der Waals surface area contributed by atoms with Crippen LogP contribution in [-0.4, -0.2) is 49.7 Å². The summed E-state index contributed by atoms with van der Waals surface area (Å²) in [5.41, 5.74) is 2.46. The molecule has 5 heteroatoms. The van der Waals surface area contributed by atoms with Gasteiger partial charge in [-0.25, -0.2) is 0 Å². The third-order valence-corrected chi connectivity index (χ3v) is 18.3. The molecule has 0 aromatic carbocycles. The van der Waals surface area contributed by atoms with Gasteiger partial charge in [-0.05, 0) is 163 Å². The number of unbranched alkanes of at least 4 members (excludes halogenated alkanes) is 13. The van der Waals surface area contributed by atoms with Crippen LogP contribution in [0.4, 0.5) is 0 Å². The lowest BCUT2D eigenvalue weighted by molar-refractivity contribution is -0.152. The van der Waals surface area contributed by atoms with Crippen molar-refractivity contribution in [2.45, 2.75) is 285 Å². The standard InChI is InChI=1S/C60H109NO4/c1-10-12-14-16-17-24-33-51(32-23-15-13-11-2)64-57(62)34-25-19-18-21-30-49(42-45-61(8)9)31-22-20-26-35-58(63)65-52-40-43-59(6)50(46-52)36-37-53-55-39-38-54(48(5)29-27-28-47(3)4)60(55,7)44-41-56(53)59/h36,47-49,51-56H,10-35,37-46H2,1-9H3. The highest BCUT2D eigenvalue weighted by molar-refractivity contribution is 5.69. The largest absolute Gasteiger partial charge is 0.462 e. The van der Waals surface area contributed by atoms with Crippen molar-refractivity contribution in [3.05, 3.63) is 11.6 Å². The van der Waals surface area contributed by atoms with Crippen molar-refractivity contribution in [2.75, 3.05) is 20.6 Å². The Balaban J connectivity index is 1.10. The molecule has 0 heterocycles. The molecule has 0 radical (unpaired) electrons. The average molecular weight is 909 g/mol. The summed E-state index contributed by atoms with van der Waals surface area (Å²) in [5, 5.41) is 0. The minimum atomic E-state index is 0.0341. The second-order valence-electron chi connectivity index (χ2n) is 24.2. The molecular formula is C60H109NO4. The first-order valence-corrected chi connectivity index (χ1v) is 29.0. The number of fused-ring (bicyclic) bond motifs is 5. The average Bonchev–Trinajstić information content (AvgIpc) is 3.63. The first kappa shape index (κ1) is 56.2. The summed E-state index contributed by atoms with van der Waals surface area (Å²) in [7, 11) is 4.37. The van der Waals surface area contributed by atoms with E-state index < -0.39 is 0 Å². The van der Waals surface area contributed by atoms with Crippen LogP contribution in [0.1, 0.15) is 273 Å². The molecular weight excluding hydrogens is 799 g/mol. The molecule has 0 spiro atoms. The lowest BCUT2D eigenvalue weighted by Gasteiger charge is -2.58. The van der Waals surface area contributed by atoms with Crippen LogP contribution < -0.4 is 0 Å². The Morgan fingerprint density at radius 3 is 1.91 bits per heavy atom. The van der Waals surface area contributed by atoms with E-state index in [2.05, 4.69) is 73.5 Å². The summed E-state index contributed by atoms with van der Waals surface area (Å²) >= 11 is 0. The molecule has 0 amide bonds. The van der Waals surface area contributed by atoms with Crippen LogP contribution in [0.2, 0.25) is 0 Å². The predicted octanol–water partition coefficient (Wildman–Crippen LogP) is 17.4. The van der Waals surface area contributed by atoms with E-state index in [4.69, 9.17) is 9.47 Å². The van der Waals surface area contributed by atoms with Crippen molar-refractivity contribution in [3.8, 4) is 0 Å². The van der Waals surface area contributed by atoms with Gasteiger partial charge in [0.25, 0.3) is 0 Å². The van der Waals surface area contributed by atoms with Gasteiger partial charge >= 0.3 is 11.9 Å². The molecule has 0 aromatic heterocycles. The minimum absolute atomic E-state index is 0.0341. The molecule has 0 bridgehead atoms. The fourth-order valence-corrected chi connectivity index (χ4v) is 14.3. The number of carbonyl (C=O) groups is 2. The van der Waals surface area contributed by atoms with Gasteiger partial charge in [-0.15, -0.1) is 0 Å². The lowest BCUT2D eigenvalue weighted by Crippen LogP contribution is -2.51. The predicted molar refractivity (Wildman–Crippen MR) is 277 cm³/mol. The van der Waals surface area contributed by atoms with E-state index in [1.165, 1.54) is 161 Å². The monoisotopic (exact) mass is 908 g/mol. The summed E-state index contributed by atoms with van der Waals surface area (Å²) in [4.78, 5) is 28.4. The maximum Gasteiger partial charge on any atom is 0.306 e. The number of hydrogen-bond acceptors (Lipinski definition) is 5. The zero-order valence-corrected chi connectivity index (χ0v) is 44.8. The van der Waals surface area contributed by atoms with Crippen LogP contribution >= 0.6 is 0 Å². The van der Waals surface area contributed by atoms with E-state index in [0.717, 1.165) is 99.3 Å². The molecule has 378 valence electrons. The number of hydrogen-bond donors (Lipinski definition) is 0. The summed E-state index contributed by atoms with van der Waals surface area (Å²) in [5.74, 6) is 5.96. The quantitative estimate of drug-likeness (QED) is 0.0360. The van der Waals surface area contributed by atoms with Gasteiger partial charge in [-0.3, -0.25) is 9.59 Å². The molecule has 10 atom stereocenters. The Morgan fingerprint density at radius 1 is 0.646 bits per heavy atom. The van der Waals surface area contributed by atoms with Crippen molar-refractivity contribution in [1.82, 2.24) is 4.90 Å². The van der Waals surface area contributed by atoms with Crippen LogP contribution in [0.15, 0.2) is 11.6 Å². The zero-order chi connectivity index (χ0) is 47.1. The van der Waals surface area contributed by atoms with Crippen LogP contribution in [0.5, 0.6) is 0 Å². The van der Waals surface area contributed by atoms with Crippen molar-refractivity contribution >= 4 is 11.9 Å². The molecule has 0 aromatic rings. The van der Waals surface area contributed by atoms with Crippen molar-refractivity contribution in [3.63, 3.8) is 0 Å². The third-order valence-electron chi connectivity index (χ3n) is 18.3. The highest BCUT2D eigenvalue weighted by Crippen LogP contribution is 2.67. The van der Waals surface area contributed by atoms with Gasteiger partial charge < -0.3 is 14.4 Å². The maximum absolute atomic E-state index is 13.2. The number of rotatable bonds is 35. The topological polar surface area (TPSA) is 55.8 Å². The summed E-state index contributed by atoms with van der Waals surface area (Å²) in [6.45, 7) is 18.3. The number of nitrogens with zero attached hydrogens (tertiary/aromatic N) is 1. The number of esters is 2. The van der Waals surface area contributed by atoms with Gasteiger partial charge in [0.15, 0.2) is 0 Å². The Bertz CT molecular complexity index is 1340. The van der Waals surface area contributed by atoms with Gasteiger partial charge in [0, 0.05) is 19.3 Å². The van der Waals surface area contributed by atoms with Crippen molar-refractivity contribution in [2.24, 2.45) is 52.3 Å². The van der Waals surface area contributed by atoms with E-state index in [1.54, 1.807) is 5.57 Å². The van der Waals surface area contributed by atoms with Gasteiger partial charge in [0.05, 0.1) is 0 Å². The number of allylic oxidation sites excluding steroid dienone is 1. The normalized spacial score (nSPS) is 27.7. The van der Waals surface area contributed by atoms with Crippen LogP contribution in [0, 0.1) is 52.3 Å². The van der Waals surface area contributed by atoms with E-state index in [9.17, 15) is 9.59 Å². The Hall–Kier alpha value is -1.36. The molecule has 65 heavy (non-hydrogen) atoms. The summed E-state index contributed by atoms with van der Waals surface area (Å²) < 4.78 is 12.3. The third kappa shape index (κ3) is 18.8. The minimum Gasteiger partial charge on any atom is -0.462 e. The lowest BCUT2D eigenvalue weighted by atomic mass is 9.47. The number of carbonyl (C=O) groups excluding carboxylic acids is 2. The second kappa shape index (κ2) is 30.3. The highest BCUT2D eigenvalue weighted by Gasteiger charge is 2.59. The van der Waals surface area contributed by atoms with Crippen molar-refractivity contribution < 1.29 is 19.1 Å². The molecule has 4 aliphatic rings. The van der Waals surface area contributed by atoms with Gasteiger partial charge in [-0.1, -0.05) is 176 Å². The van der Waals surface area contributed by atoms with E-state index >= 15 is 0 Å². The van der Waals surface area contributed by atoms with E-state index in [-0.39, 0.29) is 24.1 Å². The first-order valence-electron chi connectivity index (χ1n) is 29.0. The zero-order valence-electron chi connectivity index (χ0n) is 44.8. The second-order valence-corrected chi connectivity index (χ2v) is 24.2. The molecule has 0 saturated heterocycles. The fourth-order valence-electron chi connectivity index (χ4n) is 14.3. The molecule has 4 rings (SSSR count). The summed E-state index contributed by atoms with van der Waals surface area (Å²) in [6.07, 6.45) is 44.7. The smallest absolute Gasteiger partial charge is 0.306 e. The van der Waals surface area contributed by atoms with Gasteiger partial charge in [0.2, 0.25) is 0 Å². The SMILES string of the molecule is CCCCCCCCC(CCCCCC)OC(=O)CCCCCCC(CCCCCC(=O)OC1CCC2(C)C(=CCC3C2CCC2(C)C(C(C)CCCC(C)C)CCC32)C1)CCN(C)C. The number of ether oxygens (including phenoxy) is 2. The molecule has 5 nitrogen and oxygen atoms in total. The molecule has 0 aliphatic heterocycles. The molecule has 3 saturated carbocycles. The van der Waals surface area contributed by atoms with E-state index in [1.807, 2.05) is 0 Å². The van der Waals surface area contributed by atoms with Crippen LogP contribution in [0.3, 0.4) is 0 Å². The molecule has 4 aliphatic carbocycles. The van der Waals surface area contributed by atoms with Gasteiger partial charge in [0.1, 0.15) is 12.2 Å². The molecule has 0 N–H and O–H groups in total. The Kier molecular flexibility index (Phi) is 26.2. The fraction of sp³-hybridized carbons (Fsp3) is 0.933.